The molecule has 0 amide bonds. The van der Waals surface area contributed by atoms with Crippen LogP contribution in [0.15, 0.2) is 22.7 Å². The van der Waals surface area contributed by atoms with Gasteiger partial charge in [0.1, 0.15) is 0 Å². The SMILES string of the molecule is CCC(C)(C(=O)O)n1nnnc1-c1cc(Br)ccc1Cl. The maximum atomic E-state index is 11.5. The molecule has 2 aromatic rings. The van der Waals surface area contributed by atoms with Crippen LogP contribution in [-0.4, -0.2) is 31.3 Å². The van der Waals surface area contributed by atoms with Gasteiger partial charge in [-0.15, -0.1) is 5.10 Å². The molecule has 1 unspecified atom stereocenters. The molecule has 20 heavy (non-hydrogen) atoms. The summed E-state index contributed by atoms with van der Waals surface area (Å²) < 4.78 is 2.10. The Labute approximate surface area is 128 Å². The second-order valence-electron chi connectivity index (χ2n) is 4.47. The average Bonchev–Trinajstić information content (AvgIpc) is 2.90. The maximum Gasteiger partial charge on any atom is 0.331 e. The second kappa shape index (κ2) is 5.49. The van der Waals surface area contributed by atoms with Crippen LogP contribution in [0, 0.1) is 0 Å². The first-order valence-electron chi connectivity index (χ1n) is 5.88. The van der Waals surface area contributed by atoms with Crippen LogP contribution in [0.25, 0.3) is 11.4 Å². The predicted molar refractivity (Wildman–Crippen MR) is 77.5 cm³/mol. The monoisotopic (exact) mass is 358 g/mol. The fraction of sp³-hybridized carbons (Fsp3) is 0.333. The highest BCUT2D eigenvalue weighted by Gasteiger charge is 2.37. The van der Waals surface area contributed by atoms with Gasteiger partial charge in [-0.2, -0.15) is 0 Å². The van der Waals surface area contributed by atoms with Gasteiger partial charge in [-0.1, -0.05) is 34.5 Å². The number of rotatable bonds is 4. The van der Waals surface area contributed by atoms with Crippen molar-refractivity contribution in [3.8, 4) is 11.4 Å². The van der Waals surface area contributed by atoms with Crippen molar-refractivity contribution in [1.82, 2.24) is 20.2 Å². The maximum absolute atomic E-state index is 11.5. The number of hydrogen-bond donors (Lipinski definition) is 1. The topological polar surface area (TPSA) is 80.9 Å². The Morgan fingerprint density at radius 2 is 2.25 bits per heavy atom. The fourth-order valence-electron chi connectivity index (χ4n) is 1.75. The zero-order chi connectivity index (χ0) is 14.9. The summed E-state index contributed by atoms with van der Waals surface area (Å²) in [7, 11) is 0. The molecule has 0 aliphatic heterocycles. The number of nitrogens with zero attached hydrogens (tertiary/aromatic N) is 4. The first kappa shape index (κ1) is 14.9. The molecule has 0 fully saturated rings. The second-order valence-corrected chi connectivity index (χ2v) is 5.79. The Kier molecular flexibility index (Phi) is 4.10. The molecule has 1 N–H and O–H groups in total. The Morgan fingerprint density at radius 1 is 1.55 bits per heavy atom. The van der Waals surface area contributed by atoms with E-state index in [0.29, 0.717) is 22.8 Å². The highest BCUT2D eigenvalue weighted by molar-refractivity contribution is 9.10. The van der Waals surface area contributed by atoms with Crippen molar-refractivity contribution in [3.05, 3.63) is 27.7 Å². The molecule has 1 atom stereocenters. The number of halogens is 2. The minimum atomic E-state index is -1.23. The van der Waals surface area contributed by atoms with E-state index < -0.39 is 11.5 Å². The molecule has 1 aromatic carbocycles. The van der Waals surface area contributed by atoms with E-state index in [1.54, 1.807) is 32.0 Å². The molecule has 0 aliphatic carbocycles. The quantitative estimate of drug-likeness (QED) is 0.907. The van der Waals surface area contributed by atoms with Crippen LogP contribution in [0.5, 0.6) is 0 Å². The summed E-state index contributed by atoms with van der Waals surface area (Å²) in [5.41, 5.74) is -0.656. The van der Waals surface area contributed by atoms with E-state index in [9.17, 15) is 9.90 Å². The highest BCUT2D eigenvalue weighted by Crippen LogP contribution is 2.32. The fourth-order valence-corrected chi connectivity index (χ4v) is 2.31. The van der Waals surface area contributed by atoms with Crippen LogP contribution in [0.4, 0.5) is 0 Å². The molecule has 0 saturated heterocycles. The van der Waals surface area contributed by atoms with Crippen LogP contribution < -0.4 is 0 Å². The van der Waals surface area contributed by atoms with E-state index in [-0.39, 0.29) is 0 Å². The third-order valence-electron chi connectivity index (χ3n) is 3.26. The molecule has 0 radical (unpaired) electrons. The lowest BCUT2D eigenvalue weighted by Gasteiger charge is -2.24. The van der Waals surface area contributed by atoms with Crippen molar-refractivity contribution in [1.29, 1.82) is 0 Å². The van der Waals surface area contributed by atoms with Crippen molar-refractivity contribution in [2.45, 2.75) is 25.8 Å². The Bertz CT molecular complexity index is 661. The minimum Gasteiger partial charge on any atom is -0.479 e. The first-order valence-corrected chi connectivity index (χ1v) is 7.05. The average molecular weight is 360 g/mol. The van der Waals surface area contributed by atoms with Gasteiger partial charge in [0.15, 0.2) is 11.4 Å². The number of hydrogen-bond acceptors (Lipinski definition) is 4. The van der Waals surface area contributed by atoms with Crippen LogP contribution >= 0.6 is 27.5 Å². The number of carboxylic acids is 1. The van der Waals surface area contributed by atoms with Gasteiger partial charge in [-0.25, -0.2) is 9.48 Å². The van der Waals surface area contributed by atoms with Gasteiger partial charge in [0.2, 0.25) is 0 Å². The van der Waals surface area contributed by atoms with Crippen molar-refractivity contribution in [3.63, 3.8) is 0 Å². The molecule has 1 aromatic heterocycles. The number of aliphatic carboxylic acids is 1. The number of benzene rings is 1. The summed E-state index contributed by atoms with van der Waals surface area (Å²) in [5, 5.41) is 21.2. The zero-order valence-electron chi connectivity index (χ0n) is 10.8. The summed E-state index contributed by atoms with van der Waals surface area (Å²) in [6.07, 6.45) is 0.339. The van der Waals surface area contributed by atoms with Crippen molar-refractivity contribution in [2.75, 3.05) is 0 Å². The van der Waals surface area contributed by atoms with E-state index >= 15 is 0 Å². The van der Waals surface area contributed by atoms with Gasteiger partial charge in [-0.05, 0) is 42.0 Å². The summed E-state index contributed by atoms with van der Waals surface area (Å²) in [6.45, 7) is 3.34. The molecule has 1 heterocycles. The molecule has 0 saturated carbocycles. The summed E-state index contributed by atoms with van der Waals surface area (Å²) in [5.74, 6) is -0.678. The van der Waals surface area contributed by atoms with Crippen LogP contribution in [0.1, 0.15) is 20.3 Å². The molecule has 0 aliphatic rings. The van der Waals surface area contributed by atoms with E-state index in [4.69, 9.17) is 11.6 Å². The molecular weight excluding hydrogens is 348 g/mol. The van der Waals surface area contributed by atoms with Crippen LogP contribution in [0.3, 0.4) is 0 Å². The lowest BCUT2D eigenvalue weighted by molar-refractivity contribution is -0.147. The molecule has 6 nitrogen and oxygen atoms in total. The number of tetrazole rings is 1. The molecular formula is C12H12BrClN4O2. The van der Waals surface area contributed by atoms with E-state index in [1.807, 2.05) is 0 Å². The van der Waals surface area contributed by atoms with Gasteiger partial charge in [0, 0.05) is 10.0 Å². The molecule has 0 spiro atoms. The number of carbonyl (C=O) groups is 1. The third kappa shape index (κ3) is 2.43. The van der Waals surface area contributed by atoms with Crippen molar-refractivity contribution < 1.29 is 9.90 Å². The lowest BCUT2D eigenvalue weighted by atomic mass is 9.99. The molecule has 8 heteroatoms. The summed E-state index contributed by atoms with van der Waals surface area (Å²) in [6, 6.07) is 5.24. The van der Waals surface area contributed by atoms with Gasteiger partial charge in [-0.3, -0.25) is 0 Å². The third-order valence-corrected chi connectivity index (χ3v) is 4.08. The minimum absolute atomic E-state index is 0.322. The Balaban J connectivity index is 2.64. The number of carboxylic acid groups (broad SMARTS) is 1. The van der Waals surface area contributed by atoms with Crippen molar-refractivity contribution >= 4 is 33.5 Å². The Morgan fingerprint density at radius 3 is 2.85 bits per heavy atom. The van der Waals surface area contributed by atoms with E-state index in [1.165, 1.54) is 4.68 Å². The summed E-state index contributed by atoms with van der Waals surface area (Å²) in [4.78, 5) is 11.5. The smallest absolute Gasteiger partial charge is 0.331 e. The van der Waals surface area contributed by atoms with Crippen molar-refractivity contribution in [2.24, 2.45) is 0 Å². The largest absolute Gasteiger partial charge is 0.479 e. The van der Waals surface area contributed by atoms with Crippen LogP contribution in [0.2, 0.25) is 5.02 Å². The van der Waals surface area contributed by atoms with Gasteiger partial charge >= 0.3 is 5.97 Å². The van der Waals surface area contributed by atoms with E-state index in [0.717, 1.165) is 4.47 Å². The predicted octanol–water partition coefficient (Wildman–Crippen LogP) is 2.97. The normalized spacial score (nSPS) is 14.0. The Hall–Kier alpha value is -1.47. The van der Waals surface area contributed by atoms with Gasteiger partial charge < -0.3 is 5.11 Å². The molecule has 0 bridgehead atoms. The van der Waals surface area contributed by atoms with Crippen LogP contribution in [-0.2, 0) is 10.3 Å². The van der Waals surface area contributed by atoms with Gasteiger partial charge in [0.25, 0.3) is 0 Å². The summed E-state index contributed by atoms with van der Waals surface area (Å²) >= 11 is 9.51. The highest BCUT2D eigenvalue weighted by atomic mass is 79.9. The molecule has 2 rings (SSSR count). The zero-order valence-corrected chi connectivity index (χ0v) is 13.2. The van der Waals surface area contributed by atoms with E-state index in [2.05, 4.69) is 31.5 Å². The van der Waals surface area contributed by atoms with Gasteiger partial charge in [0.05, 0.1) is 5.02 Å². The number of aromatic nitrogens is 4. The standard InChI is InChI=1S/C12H12BrClN4O2/c1-3-12(2,11(19)20)18-10(15-16-17-18)8-6-7(13)4-5-9(8)14/h4-6H,3H2,1-2H3,(H,19,20). The molecule has 106 valence electrons. The lowest BCUT2D eigenvalue weighted by Crippen LogP contribution is -2.39. The first-order chi connectivity index (χ1) is 9.40.